The van der Waals surface area contributed by atoms with Gasteiger partial charge in [0.25, 0.3) is 0 Å². The average molecular weight is 417 g/mol. The van der Waals surface area contributed by atoms with Gasteiger partial charge in [-0.1, -0.05) is 0 Å². The van der Waals surface area contributed by atoms with Gasteiger partial charge in [-0.15, -0.1) is 0 Å². The molecule has 0 spiro atoms. The number of nitrogens with one attached hydrogen (secondary N) is 2. The van der Waals surface area contributed by atoms with Crippen LogP contribution in [0, 0.1) is 0 Å². The molecule has 2 aromatic rings. The van der Waals surface area contributed by atoms with Crippen LogP contribution in [0.15, 0.2) is 42.5 Å². The lowest BCUT2D eigenvalue weighted by atomic mass is 9.90. The van der Waals surface area contributed by atoms with Crippen LogP contribution in [0.3, 0.4) is 0 Å². The highest BCUT2D eigenvalue weighted by Crippen LogP contribution is 2.39. The maximum absolute atomic E-state index is 12.2. The summed E-state index contributed by atoms with van der Waals surface area (Å²) in [6.45, 7) is 3.49. The number of primary amides is 1. The van der Waals surface area contributed by atoms with Crippen molar-refractivity contribution in [1.82, 2.24) is 0 Å². The van der Waals surface area contributed by atoms with Gasteiger partial charge in [-0.05, 0) is 61.4 Å². The molecule has 2 atom stereocenters. The number of benzene rings is 2. The number of nitrogens with zero attached hydrogens (tertiary/aromatic N) is 1. The molecule has 8 nitrogen and oxygen atoms in total. The van der Waals surface area contributed by atoms with Gasteiger partial charge in [0, 0.05) is 35.6 Å². The van der Waals surface area contributed by atoms with E-state index in [4.69, 9.17) is 5.73 Å². The second-order valence-corrected chi connectivity index (χ2v) is 9.01. The van der Waals surface area contributed by atoms with E-state index in [2.05, 4.69) is 10.0 Å². The molecule has 0 saturated heterocycles. The Morgan fingerprint density at radius 1 is 1.10 bits per heavy atom. The Kier molecular flexibility index (Phi) is 5.52. The highest BCUT2D eigenvalue weighted by atomic mass is 32.2. The van der Waals surface area contributed by atoms with Crippen molar-refractivity contribution >= 4 is 38.9 Å². The lowest BCUT2D eigenvalue weighted by molar-refractivity contribution is -0.117. The van der Waals surface area contributed by atoms with Gasteiger partial charge in [0.05, 0.1) is 12.3 Å². The number of carbonyl (C=O) groups is 2. The molecule has 2 unspecified atom stereocenters. The zero-order chi connectivity index (χ0) is 21.3. The summed E-state index contributed by atoms with van der Waals surface area (Å²) in [7, 11) is -3.34. The van der Waals surface area contributed by atoms with E-state index in [-0.39, 0.29) is 18.0 Å². The van der Waals surface area contributed by atoms with Crippen molar-refractivity contribution < 1.29 is 18.0 Å². The van der Waals surface area contributed by atoms with Gasteiger partial charge in [-0.25, -0.2) is 8.42 Å². The molecule has 0 fully saturated rings. The number of hydrogen-bond donors (Lipinski definition) is 3. The molecule has 0 saturated carbocycles. The largest absolute Gasteiger partial charge is 0.378 e. The number of carbonyl (C=O) groups excluding carboxylic acids is 2. The normalized spacial score (nSPS) is 18.7. The summed E-state index contributed by atoms with van der Waals surface area (Å²) in [5.74, 6) is -0.601. The van der Waals surface area contributed by atoms with E-state index >= 15 is 0 Å². The van der Waals surface area contributed by atoms with Gasteiger partial charge in [0.2, 0.25) is 21.8 Å². The molecule has 1 aliphatic rings. The number of sulfonamides is 1. The fourth-order valence-electron chi connectivity index (χ4n) is 3.68. The number of fused-ring (bicyclic) bond motifs is 1. The first-order valence-electron chi connectivity index (χ1n) is 9.13. The second kappa shape index (κ2) is 7.75. The summed E-state index contributed by atoms with van der Waals surface area (Å²) in [6.07, 6.45) is 1.73. The zero-order valence-electron chi connectivity index (χ0n) is 16.5. The zero-order valence-corrected chi connectivity index (χ0v) is 17.3. The van der Waals surface area contributed by atoms with Gasteiger partial charge in [-0.2, -0.15) is 0 Å². The molecule has 0 bridgehead atoms. The summed E-state index contributed by atoms with van der Waals surface area (Å²) >= 11 is 0. The SMILES string of the molecule is CC(=O)N1c2ccc(C(N)=O)cc2C(Nc2ccc(NS(C)(=O)=O)cc2)CC1C. The van der Waals surface area contributed by atoms with Crippen LogP contribution in [-0.4, -0.2) is 32.5 Å². The molecule has 3 rings (SSSR count). The summed E-state index contributed by atoms with van der Waals surface area (Å²) in [6, 6.07) is 11.8. The molecule has 2 aromatic carbocycles. The molecule has 9 heteroatoms. The van der Waals surface area contributed by atoms with Crippen molar-refractivity contribution in [3.8, 4) is 0 Å². The van der Waals surface area contributed by atoms with Crippen LogP contribution in [0.25, 0.3) is 0 Å². The van der Waals surface area contributed by atoms with Crippen molar-refractivity contribution in [2.24, 2.45) is 5.73 Å². The minimum Gasteiger partial charge on any atom is -0.378 e. The standard InChI is InChI=1S/C20H24N4O4S/c1-12-10-18(22-15-5-7-16(8-6-15)23-29(3,27)28)17-11-14(20(21)26)4-9-19(17)24(12)13(2)25/h4-9,11-12,18,22-23H,10H2,1-3H3,(H2,21,26). The Bertz CT molecular complexity index is 1050. The monoisotopic (exact) mass is 416 g/mol. The molecular formula is C20H24N4O4S. The number of nitrogens with two attached hydrogens (primary N) is 1. The number of anilines is 3. The maximum atomic E-state index is 12.2. The Labute approximate surface area is 170 Å². The molecule has 154 valence electrons. The average Bonchev–Trinajstić information content (AvgIpc) is 2.61. The number of hydrogen-bond acceptors (Lipinski definition) is 5. The fourth-order valence-corrected chi connectivity index (χ4v) is 4.25. The van der Waals surface area contributed by atoms with Crippen LogP contribution < -0.4 is 20.7 Å². The van der Waals surface area contributed by atoms with Gasteiger partial charge in [-0.3, -0.25) is 14.3 Å². The third kappa shape index (κ3) is 4.68. The Morgan fingerprint density at radius 2 is 1.72 bits per heavy atom. The minimum absolute atomic E-state index is 0.0388. The molecule has 0 aliphatic carbocycles. The van der Waals surface area contributed by atoms with Gasteiger partial charge in [0.15, 0.2) is 0 Å². The van der Waals surface area contributed by atoms with Crippen LogP contribution in [-0.2, 0) is 14.8 Å². The van der Waals surface area contributed by atoms with Crippen LogP contribution >= 0.6 is 0 Å². The van der Waals surface area contributed by atoms with E-state index in [1.165, 1.54) is 6.92 Å². The van der Waals surface area contributed by atoms with Gasteiger partial charge >= 0.3 is 0 Å². The topological polar surface area (TPSA) is 122 Å². The summed E-state index contributed by atoms with van der Waals surface area (Å²) in [5.41, 5.74) is 8.62. The fraction of sp³-hybridized carbons (Fsp3) is 0.300. The third-order valence-corrected chi connectivity index (χ3v) is 5.44. The van der Waals surface area contributed by atoms with Crippen LogP contribution in [0.5, 0.6) is 0 Å². The van der Waals surface area contributed by atoms with Gasteiger partial charge < -0.3 is 16.0 Å². The highest BCUT2D eigenvalue weighted by molar-refractivity contribution is 7.92. The maximum Gasteiger partial charge on any atom is 0.248 e. The minimum atomic E-state index is -3.34. The van der Waals surface area contributed by atoms with Crippen LogP contribution in [0.2, 0.25) is 0 Å². The second-order valence-electron chi connectivity index (χ2n) is 7.26. The number of amides is 2. The molecule has 1 aliphatic heterocycles. The van der Waals surface area contributed by atoms with Crippen molar-refractivity contribution in [2.75, 3.05) is 21.2 Å². The van der Waals surface area contributed by atoms with E-state index in [0.717, 1.165) is 23.2 Å². The van der Waals surface area contributed by atoms with E-state index in [1.807, 2.05) is 6.92 Å². The molecule has 0 aromatic heterocycles. The van der Waals surface area contributed by atoms with Crippen molar-refractivity contribution in [2.45, 2.75) is 32.4 Å². The van der Waals surface area contributed by atoms with E-state index < -0.39 is 15.9 Å². The molecule has 29 heavy (non-hydrogen) atoms. The quantitative estimate of drug-likeness (QED) is 0.691. The van der Waals surface area contributed by atoms with Crippen LogP contribution in [0.1, 0.15) is 42.2 Å². The third-order valence-electron chi connectivity index (χ3n) is 4.83. The molecule has 2 amide bonds. The van der Waals surface area contributed by atoms with Crippen molar-refractivity contribution in [3.63, 3.8) is 0 Å². The van der Waals surface area contributed by atoms with Crippen molar-refractivity contribution in [3.05, 3.63) is 53.6 Å². The van der Waals surface area contributed by atoms with E-state index in [0.29, 0.717) is 17.7 Å². The highest BCUT2D eigenvalue weighted by Gasteiger charge is 2.32. The van der Waals surface area contributed by atoms with E-state index in [9.17, 15) is 18.0 Å². The Morgan fingerprint density at radius 3 is 2.28 bits per heavy atom. The predicted molar refractivity (Wildman–Crippen MR) is 113 cm³/mol. The smallest absolute Gasteiger partial charge is 0.248 e. The summed E-state index contributed by atoms with van der Waals surface area (Å²) in [5, 5.41) is 3.42. The lowest BCUT2D eigenvalue weighted by Gasteiger charge is -2.39. The number of rotatable bonds is 5. The van der Waals surface area contributed by atoms with Gasteiger partial charge in [0.1, 0.15) is 0 Å². The first-order chi connectivity index (χ1) is 13.5. The molecule has 0 radical (unpaired) electrons. The first kappa shape index (κ1) is 20.7. The Balaban J connectivity index is 1.93. The van der Waals surface area contributed by atoms with Crippen LogP contribution in [0.4, 0.5) is 17.1 Å². The summed E-state index contributed by atoms with van der Waals surface area (Å²) in [4.78, 5) is 25.5. The summed E-state index contributed by atoms with van der Waals surface area (Å²) < 4.78 is 25.1. The van der Waals surface area contributed by atoms with E-state index in [1.54, 1.807) is 47.4 Å². The van der Waals surface area contributed by atoms with Crippen molar-refractivity contribution in [1.29, 1.82) is 0 Å². The molecular weight excluding hydrogens is 392 g/mol. The first-order valence-corrected chi connectivity index (χ1v) is 11.0. The molecule has 1 heterocycles. The predicted octanol–water partition coefficient (Wildman–Crippen LogP) is 2.46. The molecule has 4 N–H and O–H groups in total. The Hall–Kier alpha value is -3.07. The lowest BCUT2D eigenvalue weighted by Crippen LogP contribution is -2.43.